The minimum Gasteiger partial charge on any atom is -0.480 e. The van der Waals surface area contributed by atoms with Crippen LogP contribution in [0.4, 0.5) is 0 Å². The molecule has 0 spiro atoms. The number of aryl methyl sites for hydroxylation is 1. The maximum absolute atomic E-state index is 11.0. The van der Waals surface area contributed by atoms with E-state index in [1.54, 1.807) is 0 Å². The van der Waals surface area contributed by atoms with Crippen LogP contribution in [0.25, 0.3) is 16.5 Å². The number of aromatic nitrogens is 1. The number of carboxylic acid groups (broad SMARTS) is 1. The van der Waals surface area contributed by atoms with Crippen LogP contribution < -0.4 is 10.1 Å². The van der Waals surface area contributed by atoms with Crippen molar-refractivity contribution in [1.29, 1.82) is 0 Å². The molecule has 194 valence electrons. The summed E-state index contributed by atoms with van der Waals surface area (Å²) in [4.78, 5) is 18.2. The lowest BCUT2D eigenvalue weighted by molar-refractivity contribution is -0.135. The van der Waals surface area contributed by atoms with Crippen LogP contribution in [-0.2, 0) is 16.1 Å². The average Bonchev–Trinajstić information content (AvgIpc) is 2.92. The number of nitrogens with zero attached hydrogens (tertiary/aromatic N) is 2. The van der Waals surface area contributed by atoms with E-state index in [1.165, 1.54) is 0 Å². The number of nitrogens with one attached hydrogen (secondary N) is 1. The van der Waals surface area contributed by atoms with Crippen LogP contribution in [0.5, 0.6) is 11.5 Å². The largest absolute Gasteiger partial charge is 0.480 e. The van der Waals surface area contributed by atoms with Crippen molar-refractivity contribution in [3.63, 3.8) is 0 Å². The third kappa shape index (κ3) is 7.80. The van der Waals surface area contributed by atoms with Crippen molar-refractivity contribution in [1.82, 2.24) is 15.2 Å². The third-order valence-corrected chi connectivity index (χ3v) is 5.50. The Morgan fingerprint density at radius 3 is 2.36 bits per heavy atom. The number of pyridine rings is 1. The number of fused-ring (bicyclic) bond motifs is 1. The van der Waals surface area contributed by atoms with Gasteiger partial charge in [0.05, 0.1) is 30.3 Å². The summed E-state index contributed by atoms with van der Waals surface area (Å²) < 4.78 is 11.5. The van der Waals surface area contributed by atoms with Gasteiger partial charge in [-0.25, -0.2) is 4.98 Å². The molecule has 0 aliphatic carbocycles. The summed E-state index contributed by atoms with van der Waals surface area (Å²) in [6.45, 7) is 17.5. The highest BCUT2D eigenvalue weighted by Gasteiger charge is 2.18. The van der Waals surface area contributed by atoms with E-state index < -0.39 is 5.97 Å². The molecule has 0 unspecified atom stereocenters. The van der Waals surface area contributed by atoms with E-state index in [0.717, 1.165) is 46.6 Å². The summed E-state index contributed by atoms with van der Waals surface area (Å²) >= 11 is 0. The molecule has 1 saturated heterocycles. The average molecular weight is 494 g/mol. The van der Waals surface area contributed by atoms with Gasteiger partial charge in [-0.05, 0) is 42.1 Å². The molecule has 2 aromatic carbocycles. The summed E-state index contributed by atoms with van der Waals surface area (Å²) in [6, 6.07) is 15.7. The van der Waals surface area contributed by atoms with E-state index >= 15 is 0 Å². The number of para-hydroxylation sites is 1. The van der Waals surface area contributed by atoms with E-state index in [-0.39, 0.29) is 6.54 Å². The smallest absolute Gasteiger partial charge is 0.322 e. The fraction of sp³-hybridized carbons (Fsp3) is 0.379. The zero-order valence-corrected chi connectivity index (χ0v) is 22.1. The Labute approximate surface area is 214 Å². The van der Waals surface area contributed by atoms with Crippen LogP contribution in [0.2, 0.25) is 0 Å². The fourth-order valence-electron chi connectivity index (χ4n) is 3.84. The van der Waals surface area contributed by atoms with Gasteiger partial charge in [-0.2, -0.15) is 0 Å². The minimum atomic E-state index is -0.944. The van der Waals surface area contributed by atoms with Crippen LogP contribution in [0, 0.1) is 6.92 Å². The first-order valence-corrected chi connectivity index (χ1v) is 12.6. The molecule has 1 aliphatic heterocycles. The summed E-state index contributed by atoms with van der Waals surface area (Å²) in [5.41, 5.74) is 3.03. The molecular formula is C29H39N3O4. The third-order valence-electron chi connectivity index (χ3n) is 5.50. The number of carbonyl (C=O) groups is 1. The van der Waals surface area contributed by atoms with Crippen molar-refractivity contribution in [2.45, 2.75) is 41.2 Å². The second-order valence-corrected chi connectivity index (χ2v) is 7.77. The summed E-state index contributed by atoms with van der Waals surface area (Å²) in [5.74, 6) is 0.568. The maximum atomic E-state index is 11.0. The number of aliphatic carboxylic acids is 1. The summed E-state index contributed by atoms with van der Waals surface area (Å²) in [5, 5.41) is 13.9. The predicted molar refractivity (Wildman–Crippen MR) is 146 cm³/mol. The molecule has 0 radical (unpaired) electrons. The van der Waals surface area contributed by atoms with E-state index in [0.29, 0.717) is 31.1 Å². The zero-order chi connectivity index (χ0) is 26.5. The number of benzene rings is 2. The number of rotatable bonds is 8. The molecule has 0 saturated carbocycles. The lowest BCUT2D eigenvalue weighted by atomic mass is 10.0. The lowest BCUT2D eigenvalue weighted by Crippen LogP contribution is -2.36. The first-order valence-electron chi connectivity index (χ1n) is 12.6. The predicted octanol–water partition coefficient (Wildman–Crippen LogP) is 5.87. The quantitative estimate of drug-likeness (QED) is 0.406. The minimum absolute atomic E-state index is 0.208. The van der Waals surface area contributed by atoms with Crippen LogP contribution in [0.15, 0.2) is 55.1 Å². The number of hydrogen-bond acceptors (Lipinski definition) is 6. The zero-order valence-electron chi connectivity index (χ0n) is 22.1. The van der Waals surface area contributed by atoms with Crippen molar-refractivity contribution in [2.24, 2.45) is 0 Å². The first-order chi connectivity index (χ1) is 17.5. The van der Waals surface area contributed by atoms with Crippen LogP contribution in [0.1, 0.15) is 44.6 Å². The van der Waals surface area contributed by atoms with Crippen molar-refractivity contribution < 1.29 is 19.4 Å². The van der Waals surface area contributed by atoms with Gasteiger partial charge >= 0.3 is 5.97 Å². The van der Waals surface area contributed by atoms with E-state index in [9.17, 15) is 4.79 Å². The molecule has 2 N–H and O–H groups in total. The SMILES string of the molecule is C=C(NCC(=O)O)c1nc(CN2CCOCC2)c2cc(Oc3ccccc3)ccc2c1C.CC.CC. The van der Waals surface area contributed by atoms with Gasteiger partial charge in [0.2, 0.25) is 0 Å². The van der Waals surface area contributed by atoms with Gasteiger partial charge in [-0.3, -0.25) is 9.69 Å². The number of morpholine rings is 1. The Hall–Kier alpha value is -3.42. The van der Waals surface area contributed by atoms with Crippen LogP contribution in [0.3, 0.4) is 0 Å². The van der Waals surface area contributed by atoms with Crippen molar-refractivity contribution >= 4 is 22.4 Å². The van der Waals surface area contributed by atoms with Gasteiger partial charge in [0, 0.05) is 25.0 Å². The maximum Gasteiger partial charge on any atom is 0.322 e. The normalized spacial score (nSPS) is 13.0. The van der Waals surface area contributed by atoms with Crippen molar-refractivity contribution in [3.8, 4) is 11.5 Å². The molecular weight excluding hydrogens is 454 g/mol. The van der Waals surface area contributed by atoms with E-state index in [1.807, 2.05) is 83.1 Å². The second kappa shape index (κ2) is 14.9. The monoisotopic (exact) mass is 493 g/mol. The molecule has 2 heterocycles. The number of hydrogen-bond donors (Lipinski definition) is 2. The molecule has 0 bridgehead atoms. The van der Waals surface area contributed by atoms with E-state index in [4.69, 9.17) is 19.6 Å². The van der Waals surface area contributed by atoms with Gasteiger partial charge in [-0.15, -0.1) is 0 Å². The highest BCUT2D eigenvalue weighted by atomic mass is 16.5. The second-order valence-electron chi connectivity index (χ2n) is 7.77. The Morgan fingerprint density at radius 2 is 1.72 bits per heavy atom. The molecule has 7 nitrogen and oxygen atoms in total. The highest BCUT2D eigenvalue weighted by molar-refractivity contribution is 5.91. The Bertz CT molecular complexity index is 1130. The molecule has 0 atom stereocenters. The number of ether oxygens (including phenoxy) is 2. The van der Waals surface area contributed by atoms with Crippen molar-refractivity contribution in [2.75, 3.05) is 32.8 Å². The van der Waals surface area contributed by atoms with Crippen LogP contribution >= 0.6 is 0 Å². The molecule has 1 aromatic heterocycles. The Balaban J connectivity index is 0.00000109. The summed E-state index contributed by atoms with van der Waals surface area (Å²) in [7, 11) is 0. The van der Waals surface area contributed by atoms with Gasteiger partial charge < -0.3 is 19.9 Å². The van der Waals surface area contributed by atoms with Gasteiger partial charge in [0.25, 0.3) is 0 Å². The standard InChI is InChI=1S/C25H27N3O4.2C2H6/c1-17-21-9-8-20(32-19-6-4-3-5-7-19)14-22(21)23(16-28-10-12-31-13-11-28)27-25(17)18(2)26-15-24(29)30;2*1-2/h3-9,14,26H,2,10-13,15-16H2,1H3,(H,29,30);2*1-2H3. The molecule has 7 heteroatoms. The Kier molecular flexibility index (Phi) is 11.9. The highest BCUT2D eigenvalue weighted by Crippen LogP contribution is 2.32. The first kappa shape index (κ1) is 28.8. The van der Waals surface area contributed by atoms with Gasteiger partial charge in [0.15, 0.2) is 0 Å². The van der Waals surface area contributed by atoms with E-state index in [2.05, 4.69) is 16.8 Å². The van der Waals surface area contributed by atoms with Gasteiger partial charge in [0.1, 0.15) is 18.0 Å². The molecule has 1 aliphatic rings. The molecule has 4 rings (SSSR count). The molecule has 3 aromatic rings. The fourth-order valence-corrected chi connectivity index (χ4v) is 3.84. The lowest BCUT2D eigenvalue weighted by Gasteiger charge is -2.27. The molecule has 0 amide bonds. The van der Waals surface area contributed by atoms with Crippen molar-refractivity contribution in [3.05, 3.63) is 72.1 Å². The number of carboxylic acids is 1. The molecule has 1 fully saturated rings. The summed E-state index contributed by atoms with van der Waals surface area (Å²) in [6.07, 6.45) is 0. The van der Waals surface area contributed by atoms with Crippen LogP contribution in [-0.4, -0.2) is 53.8 Å². The van der Waals surface area contributed by atoms with Gasteiger partial charge in [-0.1, -0.05) is 58.5 Å². The molecule has 36 heavy (non-hydrogen) atoms. The Morgan fingerprint density at radius 1 is 1.06 bits per heavy atom. The topological polar surface area (TPSA) is 83.9 Å².